The van der Waals surface area contributed by atoms with Crippen molar-refractivity contribution >= 4 is 28.5 Å². The Morgan fingerprint density at radius 2 is 1.91 bits per heavy atom. The third-order valence-corrected chi connectivity index (χ3v) is 5.88. The topological polar surface area (TPSA) is 119 Å². The number of aromatic nitrogens is 1. The molecule has 9 nitrogen and oxygen atoms in total. The smallest absolute Gasteiger partial charge is 0.319 e. The minimum Gasteiger partial charge on any atom is -0.494 e. The van der Waals surface area contributed by atoms with E-state index in [2.05, 4.69) is 19.9 Å². The molecule has 2 heterocycles. The molecule has 1 aromatic heterocycles. The zero-order chi connectivity index (χ0) is 22.8. The summed E-state index contributed by atoms with van der Waals surface area (Å²) in [6, 6.07) is 7.05. The number of carbonyl (C=O) groups is 2. The summed E-state index contributed by atoms with van der Waals surface area (Å²) >= 11 is 0.963. The first kappa shape index (κ1) is 23.8. The SMILES string of the molecule is CCOc1ccc(COc2nsc(NC(=O)NCCCCN3CCCC3)c2C(N)=O)cc1. The maximum atomic E-state index is 12.2. The molecule has 1 aliphatic rings. The Balaban J connectivity index is 1.46. The molecule has 10 heteroatoms. The van der Waals surface area contributed by atoms with Gasteiger partial charge in [-0.15, -0.1) is 0 Å². The number of benzene rings is 1. The number of anilines is 1. The third-order valence-electron chi connectivity index (χ3n) is 5.13. The molecule has 1 aliphatic heterocycles. The van der Waals surface area contributed by atoms with Crippen LogP contribution < -0.4 is 25.8 Å². The summed E-state index contributed by atoms with van der Waals surface area (Å²) in [7, 11) is 0. The Morgan fingerprint density at radius 1 is 1.16 bits per heavy atom. The number of ether oxygens (including phenoxy) is 2. The number of hydrogen-bond acceptors (Lipinski definition) is 7. The number of hydrogen-bond donors (Lipinski definition) is 3. The average molecular weight is 462 g/mol. The minimum atomic E-state index is -0.707. The number of rotatable bonds is 12. The van der Waals surface area contributed by atoms with Gasteiger partial charge >= 0.3 is 6.03 Å². The molecular weight excluding hydrogens is 430 g/mol. The van der Waals surface area contributed by atoms with Crippen molar-refractivity contribution in [1.29, 1.82) is 0 Å². The van der Waals surface area contributed by atoms with E-state index in [-0.39, 0.29) is 23.1 Å². The number of amides is 3. The lowest BCUT2D eigenvalue weighted by Gasteiger charge is -2.14. The van der Waals surface area contributed by atoms with Gasteiger partial charge in [-0.3, -0.25) is 10.1 Å². The lowest BCUT2D eigenvalue weighted by atomic mass is 10.2. The zero-order valence-electron chi connectivity index (χ0n) is 18.4. The maximum absolute atomic E-state index is 12.2. The zero-order valence-corrected chi connectivity index (χ0v) is 19.2. The van der Waals surface area contributed by atoms with Crippen molar-refractivity contribution in [3.8, 4) is 11.6 Å². The van der Waals surface area contributed by atoms with E-state index in [1.54, 1.807) is 0 Å². The van der Waals surface area contributed by atoms with Gasteiger partial charge in [0.25, 0.3) is 5.91 Å². The molecule has 4 N–H and O–H groups in total. The minimum absolute atomic E-state index is 0.0742. The van der Waals surface area contributed by atoms with Crippen LogP contribution in [0, 0.1) is 0 Å². The molecule has 3 rings (SSSR count). The summed E-state index contributed by atoms with van der Waals surface area (Å²) in [5.41, 5.74) is 6.47. The second-order valence-electron chi connectivity index (χ2n) is 7.56. The predicted octanol–water partition coefficient (Wildman–Crippen LogP) is 3.22. The standard InChI is InChI=1S/C22H31N5O4S/c1-2-30-17-9-7-16(8-10-17)15-31-20-18(19(23)28)21(32-26-20)25-22(29)24-11-3-4-12-27-13-5-6-14-27/h7-10H,2-6,11-15H2,1H3,(H2,23,28)(H2,24,25,29). The molecule has 0 spiro atoms. The molecule has 32 heavy (non-hydrogen) atoms. The molecule has 0 bridgehead atoms. The first-order chi connectivity index (χ1) is 15.6. The van der Waals surface area contributed by atoms with Gasteiger partial charge in [-0.25, -0.2) is 4.79 Å². The molecule has 1 fully saturated rings. The fourth-order valence-electron chi connectivity index (χ4n) is 3.49. The largest absolute Gasteiger partial charge is 0.494 e. The summed E-state index contributed by atoms with van der Waals surface area (Å²) in [5.74, 6) is 0.176. The van der Waals surface area contributed by atoms with Crippen LogP contribution in [0.2, 0.25) is 0 Å². The fraction of sp³-hybridized carbons (Fsp3) is 0.500. The molecule has 1 saturated heterocycles. The highest BCUT2D eigenvalue weighted by Gasteiger charge is 2.22. The monoisotopic (exact) mass is 461 g/mol. The van der Waals surface area contributed by atoms with Crippen LogP contribution in [0.3, 0.4) is 0 Å². The van der Waals surface area contributed by atoms with E-state index in [4.69, 9.17) is 15.2 Å². The Bertz CT molecular complexity index is 881. The Labute approximate surface area is 192 Å². The van der Waals surface area contributed by atoms with Crippen molar-refractivity contribution in [2.75, 3.05) is 38.1 Å². The Hall–Kier alpha value is -2.85. The van der Waals surface area contributed by atoms with Crippen molar-refractivity contribution in [3.63, 3.8) is 0 Å². The molecule has 3 amide bonds. The lowest BCUT2D eigenvalue weighted by molar-refractivity contribution is 0.0996. The van der Waals surface area contributed by atoms with E-state index in [9.17, 15) is 9.59 Å². The van der Waals surface area contributed by atoms with Gasteiger partial charge in [-0.2, -0.15) is 4.37 Å². The Morgan fingerprint density at radius 3 is 2.59 bits per heavy atom. The number of unbranched alkanes of at least 4 members (excludes halogenated alkanes) is 1. The first-order valence-electron chi connectivity index (χ1n) is 11.0. The number of carbonyl (C=O) groups excluding carboxylic acids is 2. The summed E-state index contributed by atoms with van der Waals surface area (Å²) in [6.45, 7) is 6.71. The van der Waals surface area contributed by atoms with Crippen molar-refractivity contribution in [1.82, 2.24) is 14.6 Å². The van der Waals surface area contributed by atoms with Crippen LogP contribution in [-0.4, -0.2) is 54.0 Å². The number of nitrogens with one attached hydrogen (secondary N) is 2. The number of likely N-dealkylation sites (tertiary alicyclic amines) is 1. The molecule has 0 saturated carbocycles. The van der Waals surface area contributed by atoms with Crippen molar-refractivity contribution in [2.24, 2.45) is 5.73 Å². The predicted molar refractivity (Wildman–Crippen MR) is 125 cm³/mol. The maximum Gasteiger partial charge on any atom is 0.319 e. The summed E-state index contributed by atoms with van der Waals surface area (Å²) in [5, 5.41) is 5.75. The van der Waals surface area contributed by atoms with Gasteiger partial charge in [0.05, 0.1) is 6.61 Å². The van der Waals surface area contributed by atoms with E-state index in [0.717, 1.165) is 42.2 Å². The van der Waals surface area contributed by atoms with Gasteiger partial charge in [-0.1, -0.05) is 12.1 Å². The van der Waals surface area contributed by atoms with Crippen LogP contribution in [0.25, 0.3) is 0 Å². The molecule has 2 aromatic rings. The average Bonchev–Trinajstić information content (AvgIpc) is 3.43. The third kappa shape index (κ3) is 7.10. The van der Waals surface area contributed by atoms with E-state index in [1.165, 1.54) is 25.9 Å². The van der Waals surface area contributed by atoms with Gasteiger partial charge in [0.2, 0.25) is 5.88 Å². The lowest BCUT2D eigenvalue weighted by Crippen LogP contribution is -2.30. The van der Waals surface area contributed by atoms with E-state index in [0.29, 0.717) is 13.2 Å². The van der Waals surface area contributed by atoms with Gasteiger partial charge in [0.1, 0.15) is 22.9 Å². The van der Waals surface area contributed by atoms with Crippen molar-refractivity contribution < 1.29 is 19.1 Å². The first-order valence-corrected chi connectivity index (χ1v) is 11.8. The second kappa shape index (κ2) is 12.3. The Kier molecular flexibility index (Phi) is 9.12. The van der Waals surface area contributed by atoms with Crippen LogP contribution in [0.15, 0.2) is 24.3 Å². The van der Waals surface area contributed by atoms with Gasteiger partial charge in [0.15, 0.2) is 0 Å². The van der Waals surface area contributed by atoms with Gasteiger partial charge in [0, 0.05) is 6.54 Å². The molecule has 0 aliphatic carbocycles. The summed E-state index contributed by atoms with van der Waals surface area (Å²) in [4.78, 5) is 26.6. The highest BCUT2D eigenvalue weighted by atomic mass is 32.1. The molecule has 0 unspecified atom stereocenters. The number of nitrogens with zero attached hydrogens (tertiary/aromatic N) is 2. The second-order valence-corrected chi connectivity index (χ2v) is 8.33. The van der Waals surface area contributed by atoms with E-state index in [1.807, 2.05) is 31.2 Å². The van der Waals surface area contributed by atoms with Crippen molar-refractivity contribution in [2.45, 2.75) is 39.2 Å². The molecular formula is C22H31N5O4S. The fourth-order valence-corrected chi connectivity index (χ4v) is 4.23. The normalized spacial score (nSPS) is 13.7. The van der Waals surface area contributed by atoms with Crippen LogP contribution in [0.4, 0.5) is 9.80 Å². The summed E-state index contributed by atoms with van der Waals surface area (Å²) < 4.78 is 15.3. The summed E-state index contributed by atoms with van der Waals surface area (Å²) in [6.07, 6.45) is 4.50. The van der Waals surface area contributed by atoms with Crippen LogP contribution >= 0.6 is 11.5 Å². The van der Waals surface area contributed by atoms with E-state index >= 15 is 0 Å². The van der Waals surface area contributed by atoms with Gasteiger partial charge < -0.3 is 25.4 Å². The van der Waals surface area contributed by atoms with Crippen molar-refractivity contribution in [3.05, 3.63) is 35.4 Å². The van der Waals surface area contributed by atoms with Crippen LogP contribution in [-0.2, 0) is 6.61 Å². The number of primary amides is 1. The molecule has 0 atom stereocenters. The molecule has 174 valence electrons. The highest BCUT2D eigenvalue weighted by Crippen LogP contribution is 2.30. The quantitative estimate of drug-likeness (QED) is 0.418. The van der Waals surface area contributed by atoms with Gasteiger partial charge in [-0.05, 0) is 81.5 Å². The highest BCUT2D eigenvalue weighted by molar-refractivity contribution is 7.11. The van der Waals surface area contributed by atoms with Crippen LogP contribution in [0.5, 0.6) is 11.6 Å². The number of nitrogens with two attached hydrogens (primary N) is 1. The van der Waals surface area contributed by atoms with E-state index < -0.39 is 11.9 Å². The number of urea groups is 1. The molecule has 1 aromatic carbocycles. The van der Waals surface area contributed by atoms with Crippen LogP contribution in [0.1, 0.15) is 48.5 Å². The molecule has 0 radical (unpaired) electrons.